The van der Waals surface area contributed by atoms with Crippen molar-refractivity contribution in [2.45, 2.75) is 19.4 Å². The van der Waals surface area contributed by atoms with Gasteiger partial charge in [0, 0.05) is 26.1 Å². The van der Waals surface area contributed by atoms with Crippen LogP contribution in [0.15, 0.2) is 45.8 Å². The number of piperidine rings is 1. The fraction of sp³-hybridized carbons (Fsp3) is 0.412. The number of furan rings is 2. The van der Waals surface area contributed by atoms with Gasteiger partial charge >= 0.3 is 0 Å². The summed E-state index contributed by atoms with van der Waals surface area (Å²) in [6.45, 7) is 1.66. The SMILES string of the molecule is CN(Cc1ccco1)C(=O)C1CCN(C(=O)c2ccoc2)CC1. The molecule has 0 radical (unpaired) electrons. The molecule has 0 atom stereocenters. The minimum Gasteiger partial charge on any atom is -0.472 e. The van der Waals surface area contributed by atoms with E-state index in [9.17, 15) is 9.59 Å². The second-order valence-electron chi connectivity index (χ2n) is 5.85. The zero-order valence-corrected chi connectivity index (χ0v) is 13.1. The van der Waals surface area contributed by atoms with E-state index in [1.165, 1.54) is 12.5 Å². The lowest BCUT2D eigenvalue weighted by Gasteiger charge is -2.32. The summed E-state index contributed by atoms with van der Waals surface area (Å²) in [5.74, 6) is 0.808. The molecule has 1 aliphatic heterocycles. The van der Waals surface area contributed by atoms with E-state index in [4.69, 9.17) is 8.83 Å². The van der Waals surface area contributed by atoms with Gasteiger partial charge in [0.2, 0.25) is 5.91 Å². The van der Waals surface area contributed by atoms with Crippen LogP contribution in [-0.2, 0) is 11.3 Å². The number of hydrogen-bond acceptors (Lipinski definition) is 4. The van der Waals surface area contributed by atoms with Crippen molar-refractivity contribution >= 4 is 11.8 Å². The van der Waals surface area contributed by atoms with Crippen LogP contribution < -0.4 is 0 Å². The van der Waals surface area contributed by atoms with Crippen molar-refractivity contribution in [2.75, 3.05) is 20.1 Å². The molecule has 6 nitrogen and oxygen atoms in total. The van der Waals surface area contributed by atoms with Crippen molar-refractivity contribution < 1.29 is 18.4 Å². The maximum atomic E-state index is 12.5. The van der Waals surface area contributed by atoms with Gasteiger partial charge in [0.05, 0.1) is 24.6 Å². The van der Waals surface area contributed by atoms with Crippen LogP contribution in [0.2, 0.25) is 0 Å². The van der Waals surface area contributed by atoms with Crippen LogP contribution in [-0.4, -0.2) is 41.8 Å². The Morgan fingerprint density at radius 3 is 2.65 bits per heavy atom. The third-order valence-corrected chi connectivity index (χ3v) is 4.25. The van der Waals surface area contributed by atoms with E-state index < -0.39 is 0 Å². The van der Waals surface area contributed by atoms with Gasteiger partial charge in [0.15, 0.2) is 0 Å². The van der Waals surface area contributed by atoms with Gasteiger partial charge < -0.3 is 18.6 Å². The summed E-state index contributed by atoms with van der Waals surface area (Å²) < 4.78 is 10.2. The van der Waals surface area contributed by atoms with Gasteiger partial charge in [-0.15, -0.1) is 0 Å². The maximum Gasteiger partial charge on any atom is 0.257 e. The number of carbonyl (C=O) groups excluding carboxylic acids is 2. The maximum absolute atomic E-state index is 12.5. The highest BCUT2D eigenvalue weighted by Gasteiger charge is 2.29. The lowest BCUT2D eigenvalue weighted by Crippen LogP contribution is -2.43. The van der Waals surface area contributed by atoms with Crippen molar-refractivity contribution in [3.8, 4) is 0 Å². The van der Waals surface area contributed by atoms with Gasteiger partial charge in [-0.3, -0.25) is 9.59 Å². The molecule has 1 saturated heterocycles. The minimum absolute atomic E-state index is 0.0337. The number of amides is 2. The van der Waals surface area contributed by atoms with Crippen molar-refractivity contribution in [1.29, 1.82) is 0 Å². The second kappa shape index (κ2) is 6.73. The second-order valence-corrected chi connectivity index (χ2v) is 5.85. The molecule has 23 heavy (non-hydrogen) atoms. The molecule has 0 N–H and O–H groups in total. The molecule has 1 aliphatic rings. The first kappa shape index (κ1) is 15.4. The fourth-order valence-electron chi connectivity index (χ4n) is 2.92. The summed E-state index contributed by atoms with van der Waals surface area (Å²) in [7, 11) is 1.79. The highest BCUT2D eigenvalue weighted by atomic mass is 16.3. The molecular formula is C17H20N2O4. The predicted molar refractivity (Wildman–Crippen MR) is 82.5 cm³/mol. The smallest absolute Gasteiger partial charge is 0.257 e. The van der Waals surface area contributed by atoms with Gasteiger partial charge in [-0.25, -0.2) is 0 Å². The van der Waals surface area contributed by atoms with Crippen LogP contribution in [0.25, 0.3) is 0 Å². The summed E-state index contributed by atoms with van der Waals surface area (Å²) in [4.78, 5) is 28.2. The average Bonchev–Trinajstić information content (AvgIpc) is 3.27. The normalized spacial score (nSPS) is 15.6. The lowest BCUT2D eigenvalue weighted by atomic mass is 9.95. The molecule has 2 aromatic heterocycles. The van der Waals surface area contributed by atoms with Gasteiger partial charge in [0.1, 0.15) is 12.0 Å². The molecule has 0 spiro atoms. The summed E-state index contributed by atoms with van der Waals surface area (Å²) in [6.07, 6.45) is 5.92. The summed E-state index contributed by atoms with van der Waals surface area (Å²) >= 11 is 0. The third-order valence-electron chi connectivity index (χ3n) is 4.25. The van der Waals surface area contributed by atoms with Crippen molar-refractivity contribution in [3.63, 3.8) is 0 Å². The Balaban J connectivity index is 1.52. The van der Waals surface area contributed by atoms with Crippen LogP contribution >= 0.6 is 0 Å². The lowest BCUT2D eigenvalue weighted by molar-refractivity contribution is -0.136. The Morgan fingerprint density at radius 1 is 1.26 bits per heavy atom. The van der Waals surface area contributed by atoms with Crippen LogP contribution in [0.4, 0.5) is 0 Å². The largest absolute Gasteiger partial charge is 0.472 e. The highest BCUT2D eigenvalue weighted by Crippen LogP contribution is 2.21. The Bertz CT molecular complexity index is 640. The number of hydrogen-bond donors (Lipinski definition) is 0. The molecule has 6 heteroatoms. The van der Waals surface area contributed by atoms with Gasteiger partial charge in [-0.2, -0.15) is 0 Å². The Hall–Kier alpha value is -2.50. The molecule has 2 aromatic rings. The molecular weight excluding hydrogens is 296 g/mol. The quantitative estimate of drug-likeness (QED) is 0.868. The molecule has 2 amide bonds. The first-order valence-electron chi connectivity index (χ1n) is 7.74. The van der Waals surface area contributed by atoms with Crippen molar-refractivity contribution in [2.24, 2.45) is 5.92 Å². The topological polar surface area (TPSA) is 66.9 Å². The molecule has 0 unspecified atom stereocenters. The molecule has 3 heterocycles. The summed E-state index contributed by atoms with van der Waals surface area (Å²) in [6, 6.07) is 5.33. The first-order valence-corrected chi connectivity index (χ1v) is 7.74. The molecule has 0 aliphatic carbocycles. The van der Waals surface area contributed by atoms with E-state index >= 15 is 0 Å². The molecule has 3 rings (SSSR count). The average molecular weight is 316 g/mol. The highest BCUT2D eigenvalue weighted by molar-refractivity contribution is 5.94. The van der Waals surface area contributed by atoms with Crippen LogP contribution in [0.3, 0.4) is 0 Å². The van der Waals surface area contributed by atoms with Crippen LogP contribution in [0.1, 0.15) is 29.0 Å². The van der Waals surface area contributed by atoms with Gasteiger partial charge in [-0.1, -0.05) is 0 Å². The van der Waals surface area contributed by atoms with Crippen LogP contribution in [0.5, 0.6) is 0 Å². The molecule has 0 bridgehead atoms. The molecule has 122 valence electrons. The van der Waals surface area contributed by atoms with E-state index in [0.717, 1.165) is 5.76 Å². The van der Waals surface area contributed by atoms with E-state index in [1.54, 1.807) is 29.2 Å². The van der Waals surface area contributed by atoms with E-state index in [1.807, 2.05) is 12.1 Å². The molecule has 0 aromatic carbocycles. The summed E-state index contributed by atoms with van der Waals surface area (Å²) in [5, 5.41) is 0. The standard InChI is InChI=1S/C17H20N2O4/c1-18(11-15-3-2-9-23-15)16(20)13-4-7-19(8-5-13)17(21)14-6-10-22-12-14/h2-3,6,9-10,12-13H,4-5,7-8,11H2,1H3. The fourth-order valence-corrected chi connectivity index (χ4v) is 2.92. The number of nitrogens with zero attached hydrogens (tertiary/aromatic N) is 2. The number of carbonyl (C=O) groups is 2. The first-order chi connectivity index (χ1) is 11.1. The van der Waals surface area contributed by atoms with Crippen molar-refractivity contribution in [1.82, 2.24) is 9.80 Å². The Morgan fingerprint density at radius 2 is 2.04 bits per heavy atom. The Kier molecular flexibility index (Phi) is 4.50. The third kappa shape index (κ3) is 3.47. The van der Waals surface area contributed by atoms with E-state index in [2.05, 4.69) is 0 Å². The monoisotopic (exact) mass is 316 g/mol. The zero-order chi connectivity index (χ0) is 16.2. The van der Waals surface area contributed by atoms with E-state index in [-0.39, 0.29) is 17.7 Å². The molecule has 0 saturated carbocycles. The van der Waals surface area contributed by atoms with Gasteiger partial charge in [-0.05, 0) is 31.0 Å². The number of rotatable bonds is 4. The van der Waals surface area contributed by atoms with Gasteiger partial charge in [0.25, 0.3) is 5.91 Å². The van der Waals surface area contributed by atoms with Crippen molar-refractivity contribution in [3.05, 3.63) is 48.3 Å². The minimum atomic E-state index is -0.0386. The zero-order valence-electron chi connectivity index (χ0n) is 13.1. The predicted octanol–water partition coefficient (Wildman–Crippen LogP) is 2.38. The molecule has 1 fully saturated rings. The van der Waals surface area contributed by atoms with E-state index in [0.29, 0.717) is 38.0 Å². The number of likely N-dealkylation sites (tertiary alicyclic amines) is 1. The summed E-state index contributed by atoms with van der Waals surface area (Å²) in [5.41, 5.74) is 0.560. The Labute approximate surface area is 134 Å². The van der Waals surface area contributed by atoms with Crippen LogP contribution in [0, 0.1) is 5.92 Å².